The number of amides is 1. The van der Waals surface area contributed by atoms with Crippen molar-refractivity contribution >= 4 is 27.3 Å². The van der Waals surface area contributed by atoms with Gasteiger partial charge >= 0.3 is 0 Å². The molecule has 1 amide bonds. The molecule has 0 fully saturated rings. The zero-order chi connectivity index (χ0) is 15.3. The summed E-state index contributed by atoms with van der Waals surface area (Å²) in [4.78, 5) is 12.0. The lowest BCUT2D eigenvalue weighted by Gasteiger charge is -2.27. The highest BCUT2D eigenvalue weighted by Crippen LogP contribution is 2.20. The van der Waals surface area contributed by atoms with Crippen LogP contribution >= 0.6 is 0 Å². The van der Waals surface area contributed by atoms with Crippen LogP contribution in [-0.2, 0) is 14.8 Å². The first-order chi connectivity index (χ1) is 9.23. The second-order valence-electron chi connectivity index (χ2n) is 4.61. The number of hydrogen-bond donors (Lipinski definition) is 1. The summed E-state index contributed by atoms with van der Waals surface area (Å²) in [5.74, 6) is -0.486. The highest BCUT2D eigenvalue weighted by Gasteiger charge is 2.28. The second-order valence-corrected chi connectivity index (χ2v) is 6.46. The van der Waals surface area contributed by atoms with E-state index in [2.05, 4.69) is 10.5 Å². The van der Waals surface area contributed by atoms with E-state index in [9.17, 15) is 13.2 Å². The molecule has 0 aliphatic carbocycles. The average molecular weight is 297 g/mol. The van der Waals surface area contributed by atoms with E-state index < -0.39 is 22.0 Å². The Morgan fingerprint density at radius 3 is 2.25 bits per heavy atom. The Morgan fingerprint density at radius 1 is 1.25 bits per heavy atom. The van der Waals surface area contributed by atoms with Crippen molar-refractivity contribution in [3.05, 3.63) is 30.3 Å². The highest BCUT2D eigenvalue weighted by molar-refractivity contribution is 7.92. The maximum absolute atomic E-state index is 12.0. The first kappa shape index (κ1) is 16.2. The molecule has 0 saturated heterocycles. The van der Waals surface area contributed by atoms with E-state index in [1.165, 1.54) is 6.92 Å². The topological polar surface area (TPSA) is 78.8 Å². The van der Waals surface area contributed by atoms with Gasteiger partial charge in [-0.05, 0) is 32.9 Å². The van der Waals surface area contributed by atoms with Crippen LogP contribution in [0.4, 0.5) is 5.69 Å². The van der Waals surface area contributed by atoms with E-state index in [0.29, 0.717) is 11.4 Å². The molecule has 0 aliphatic rings. The molecule has 0 saturated carbocycles. The van der Waals surface area contributed by atoms with Crippen LogP contribution < -0.4 is 9.73 Å². The quantitative estimate of drug-likeness (QED) is 0.658. The van der Waals surface area contributed by atoms with Crippen LogP contribution in [0, 0.1) is 0 Å². The summed E-state index contributed by atoms with van der Waals surface area (Å²) in [6, 6.07) is 7.59. The van der Waals surface area contributed by atoms with E-state index in [1.54, 1.807) is 44.2 Å². The maximum Gasteiger partial charge on any atom is 0.263 e. The lowest BCUT2D eigenvalue weighted by atomic mass is 10.2. The van der Waals surface area contributed by atoms with Gasteiger partial charge in [0.05, 0.1) is 11.9 Å². The molecule has 0 unspecified atom stereocenters. The van der Waals surface area contributed by atoms with Gasteiger partial charge in [0.1, 0.15) is 6.04 Å². The fraction of sp³-hybridized carbons (Fsp3) is 0.385. The van der Waals surface area contributed by atoms with Gasteiger partial charge in [0.15, 0.2) is 0 Å². The molecule has 0 radical (unpaired) electrons. The average Bonchev–Trinajstić information content (AvgIpc) is 2.35. The summed E-state index contributed by atoms with van der Waals surface area (Å²) < 4.78 is 24.9. The van der Waals surface area contributed by atoms with Gasteiger partial charge in [0.2, 0.25) is 10.0 Å². The van der Waals surface area contributed by atoms with Gasteiger partial charge in [-0.1, -0.05) is 18.2 Å². The van der Waals surface area contributed by atoms with Crippen molar-refractivity contribution in [2.75, 3.05) is 10.6 Å². The van der Waals surface area contributed by atoms with Crippen LogP contribution in [0.2, 0.25) is 0 Å². The smallest absolute Gasteiger partial charge is 0.263 e. The van der Waals surface area contributed by atoms with Crippen LogP contribution in [0.3, 0.4) is 0 Å². The van der Waals surface area contributed by atoms with Gasteiger partial charge in [0, 0.05) is 5.71 Å². The van der Waals surface area contributed by atoms with Gasteiger partial charge in [-0.3, -0.25) is 9.10 Å². The number of rotatable bonds is 5. The van der Waals surface area contributed by atoms with Gasteiger partial charge in [-0.25, -0.2) is 13.8 Å². The number of nitrogens with one attached hydrogen (secondary N) is 1. The van der Waals surface area contributed by atoms with E-state index in [0.717, 1.165) is 10.6 Å². The third-order valence-corrected chi connectivity index (χ3v) is 3.73. The zero-order valence-electron chi connectivity index (χ0n) is 12.0. The molecule has 20 heavy (non-hydrogen) atoms. The van der Waals surface area contributed by atoms with Gasteiger partial charge < -0.3 is 0 Å². The SMILES string of the molecule is CC(C)=NNC(=O)[C@@H](C)N(c1ccccc1)S(C)(=O)=O. The molecule has 0 spiro atoms. The number of sulfonamides is 1. The summed E-state index contributed by atoms with van der Waals surface area (Å²) in [5.41, 5.74) is 3.46. The van der Waals surface area contributed by atoms with Crippen LogP contribution in [-0.4, -0.2) is 32.3 Å². The monoisotopic (exact) mass is 297 g/mol. The molecule has 1 aromatic rings. The first-order valence-electron chi connectivity index (χ1n) is 6.08. The molecule has 1 N–H and O–H groups in total. The molecule has 7 heteroatoms. The zero-order valence-corrected chi connectivity index (χ0v) is 12.8. The summed E-state index contributed by atoms with van der Waals surface area (Å²) >= 11 is 0. The van der Waals surface area contributed by atoms with Gasteiger partial charge in [0.25, 0.3) is 5.91 Å². The number of hydrogen-bond acceptors (Lipinski definition) is 4. The minimum Gasteiger partial charge on any atom is -0.271 e. The predicted octanol–water partition coefficient (Wildman–Crippen LogP) is 1.35. The fourth-order valence-electron chi connectivity index (χ4n) is 1.64. The van der Waals surface area contributed by atoms with Crippen LogP contribution in [0.15, 0.2) is 35.4 Å². The molecule has 0 bridgehead atoms. The summed E-state index contributed by atoms with van der Waals surface area (Å²) in [6.45, 7) is 4.98. The van der Waals surface area contributed by atoms with E-state index in [4.69, 9.17) is 0 Å². The number of para-hydroxylation sites is 1. The number of nitrogens with zero attached hydrogens (tertiary/aromatic N) is 2. The molecular weight excluding hydrogens is 278 g/mol. The standard InChI is InChI=1S/C13H19N3O3S/c1-10(2)14-15-13(17)11(3)16(20(4,18)19)12-8-6-5-7-9-12/h5-9,11H,1-4H3,(H,15,17)/t11-/m1/s1. The summed E-state index contributed by atoms with van der Waals surface area (Å²) in [6.07, 6.45) is 1.07. The lowest BCUT2D eigenvalue weighted by Crippen LogP contribution is -2.46. The molecule has 1 rings (SSSR count). The number of hydrazone groups is 1. The Morgan fingerprint density at radius 2 is 1.80 bits per heavy atom. The third kappa shape index (κ3) is 4.34. The molecule has 0 heterocycles. The van der Waals surface area contributed by atoms with Crippen molar-refractivity contribution in [1.29, 1.82) is 0 Å². The minimum atomic E-state index is -3.58. The molecule has 0 aliphatic heterocycles. The van der Waals surface area contributed by atoms with Crippen molar-refractivity contribution in [2.24, 2.45) is 5.10 Å². The third-order valence-electron chi connectivity index (χ3n) is 2.49. The summed E-state index contributed by atoms with van der Waals surface area (Å²) in [5, 5.41) is 3.80. The number of benzene rings is 1. The molecule has 0 aromatic heterocycles. The first-order valence-corrected chi connectivity index (χ1v) is 7.93. The van der Waals surface area contributed by atoms with Crippen molar-refractivity contribution in [1.82, 2.24) is 5.43 Å². The fourth-order valence-corrected chi connectivity index (χ4v) is 2.82. The van der Waals surface area contributed by atoms with Gasteiger partial charge in [-0.15, -0.1) is 0 Å². The number of anilines is 1. The Hall–Kier alpha value is -1.89. The maximum atomic E-state index is 12.0. The normalized spacial score (nSPS) is 12.4. The minimum absolute atomic E-state index is 0.440. The Kier molecular flexibility index (Phi) is 5.26. The van der Waals surface area contributed by atoms with Crippen molar-refractivity contribution in [3.63, 3.8) is 0 Å². The predicted molar refractivity (Wildman–Crippen MR) is 80.2 cm³/mol. The highest BCUT2D eigenvalue weighted by atomic mass is 32.2. The largest absolute Gasteiger partial charge is 0.271 e. The van der Waals surface area contributed by atoms with Crippen LogP contribution in [0.25, 0.3) is 0 Å². The van der Waals surface area contributed by atoms with Crippen molar-refractivity contribution in [3.8, 4) is 0 Å². The Bertz CT molecular complexity index is 593. The van der Waals surface area contributed by atoms with Gasteiger partial charge in [-0.2, -0.15) is 5.10 Å². The Labute approximate surface area is 119 Å². The van der Waals surface area contributed by atoms with Crippen LogP contribution in [0.5, 0.6) is 0 Å². The van der Waals surface area contributed by atoms with E-state index >= 15 is 0 Å². The van der Waals surface area contributed by atoms with E-state index in [1.807, 2.05) is 0 Å². The molecule has 6 nitrogen and oxygen atoms in total. The second kappa shape index (κ2) is 6.51. The van der Waals surface area contributed by atoms with Crippen molar-refractivity contribution in [2.45, 2.75) is 26.8 Å². The lowest BCUT2D eigenvalue weighted by molar-refractivity contribution is -0.121. The summed E-state index contributed by atoms with van der Waals surface area (Å²) in [7, 11) is -3.58. The van der Waals surface area contributed by atoms with Crippen molar-refractivity contribution < 1.29 is 13.2 Å². The molecule has 1 atom stereocenters. The molecular formula is C13H19N3O3S. The number of carbonyl (C=O) groups is 1. The molecule has 110 valence electrons. The molecule has 1 aromatic carbocycles. The Balaban J connectivity index is 3.08. The van der Waals surface area contributed by atoms with E-state index in [-0.39, 0.29) is 0 Å². The number of carbonyl (C=O) groups excluding carboxylic acids is 1. The van der Waals surface area contributed by atoms with Crippen LogP contribution in [0.1, 0.15) is 20.8 Å².